The van der Waals surface area contributed by atoms with E-state index in [-0.39, 0.29) is 17.9 Å². The molecule has 0 atom stereocenters. The highest BCUT2D eigenvalue weighted by Crippen LogP contribution is 2.29. The largest absolute Gasteiger partial charge is 0.496 e. The number of hydrogen-bond donors (Lipinski definition) is 1. The van der Waals surface area contributed by atoms with Crippen molar-refractivity contribution in [1.29, 1.82) is 0 Å². The summed E-state index contributed by atoms with van der Waals surface area (Å²) in [7, 11) is 1.62. The maximum Gasteiger partial charge on any atom is 0.263 e. The number of aryl methyl sites for hydroxylation is 1. The van der Waals surface area contributed by atoms with Crippen molar-refractivity contribution in [3.8, 4) is 16.3 Å². The molecular weight excluding hydrogens is 430 g/mol. The van der Waals surface area contributed by atoms with Crippen molar-refractivity contribution < 1.29 is 14.3 Å². The summed E-state index contributed by atoms with van der Waals surface area (Å²) in [5.41, 5.74) is 2.71. The van der Waals surface area contributed by atoms with E-state index >= 15 is 0 Å². The molecule has 1 aliphatic heterocycles. The van der Waals surface area contributed by atoms with Crippen LogP contribution in [-0.2, 0) is 11.2 Å². The first kappa shape index (κ1) is 21.5. The van der Waals surface area contributed by atoms with Crippen LogP contribution in [0.15, 0.2) is 41.1 Å². The molecule has 1 aliphatic rings. The third-order valence-electron chi connectivity index (χ3n) is 5.49. The van der Waals surface area contributed by atoms with E-state index in [1.807, 2.05) is 52.9 Å². The van der Waals surface area contributed by atoms with E-state index in [2.05, 4.69) is 10.3 Å². The Balaban J connectivity index is 1.31. The summed E-state index contributed by atoms with van der Waals surface area (Å²) in [6, 6.07) is 9.69. The fourth-order valence-electron chi connectivity index (χ4n) is 3.76. The van der Waals surface area contributed by atoms with Gasteiger partial charge in [-0.05, 0) is 37.3 Å². The van der Waals surface area contributed by atoms with Crippen molar-refractivity contribution in [2.24, 2.45) is 0 Å². The van der Waals surface area contributed by atoms with Crippen molar-refractivity contribution in [2.45, 2.75) is 32.2 Å². The number of thiophene rings is 1. The van der Waals surface area contributed by atoms with Crippen LogP contribution in [0.25, 0.3) is 10.6 Å². The van der Waals surface area contributed by atoms with Crippen molar-refractivity contribution in [1.82, 2.24) is 15.2 Å². The number of piperidine rings is 1. The number of nitrogens with zero attached hydrogens (tertiary/aromatic N) is 2. The third-order valence-corrected chi connectivity index (χ3v) is 7.38. The first-order valence-electron chi connectivity index (χ1n) is 10.3. The van der Waals surface area contributed by atoms with Crippen LogP contribution >= 0.6 is 22.7 Å². The lowest BCUT2D eigenvalue weighted by Gasteiger charge is -2.32. The molecular formula is C23H25N3O3S2. The minimum Gasteiger partial charge on any atom is -0.496 e. The summed E-state index contributed by atoms with van der Waals surface area (Å²) in [4.78, 5) is 32.6. The Labute approximate surface area is 189 Å². The van der Waals surface area contributed by atoms with Gasteiger partial charge in [0.15, 0.2) is 0 Å². The van der Waals surface area contributed by atoms with Crippen LogP contribution in [0.5, 0.6) is 5.75 Å². The molecule has 6 nitrogen and oxygen atoms in total. The lowest BCUT2D eigenvalue weighted by atomic mass is 10.0. The van der Waals surface area contributed by atoms with Crippen molar-refractivity contribution in [3.05, 3.63) is 57.2 Å². The van der Waals surface area contributed by atoms with Crippen LogP contribution in [-0.4, -0.2) is 47.9 Å². The van der Waals surface area contributed by atoms with Gasteiger partial charge in [0.1, 0.15) is 15.6 Å². The standard InChI is InChI=1S/C23H25N3O3S2/c1-15-21(31-23(24-15)17-9-12-30-14-17)22(28)25-18-7-10-26(11-8-18)20(27)13-16-5-3-4-6-19(16)29-2/h3-6,9,12,14,18H,7-8,10-11,13H2,1-2H3,(H,25,28). The number of aromatic nitrogens is 1. The SMILES string of the molecule is COc1ccccc1CC(=O)N1CCC(NC(=O)c2sc(-c3ccsc3)nc2C)CC1. The van der Waals surface area contributed by atoms with Crippen molar-refractivity contribution in [3.63, 3.8) is 0 Å². The molecule has 1 fully saturated rings. The van der Waals surface area contributed by atoms with E-state index in [1.54, 1.807) is 18.4 Å². The highest BCUT2D eigenvalue weighted by molar-refractivity contribution is 7.17. The highest BCUT2D eigenvalue weighted by Gasteiger charge is 2.26. The van der Waals surface area contributed by atoms with Crippen LogP contribution in [0.1, 0.15) is 33.8 Å². The third kappa shape index (κ3) is 4.97. The van der Waals surface area contributed by atoms with E-state index in [9.17, 15) is 9.59 Å². The summed E-state index contributed by atoms with van der Waals surface area (Å²) in [5.74, 6) is 0.753. The molecule has 31 heavy (non-hydrogen) atoms. The first-order chi connectivity index (χ1) is 15.0. The Hall–Kier alpha value is -2.71. The number of para-hydroxylation sites is 1. The molecule has 0 saturated carbocycles. The molecule has 162 valence electrons. The van der Waals surface area contributed by atoms with Gasteiger partial charge in [-0.3, -0.25) is 9.59 Å². The quantitative estimate of drug-likeness (QED) is 0.606. The number of likely N-dealkylation sites (tertiary alicyclic amines) is 1. The predicted octanol–water partition coefficient (Wildman–Crippen LogP) is 4.15. The minimum atomic E-state index is -0.0738. The van der Waals surface area contributed by atoms with E-state index in [1.165, 1.54) is 11.3 Å². The predicted molar refractivity (Wildman–Crippen MR) is 124 cm³/mol. The number of ether oxygens (including phenoxy) is 1. The maximum absolute atomic E-state index is 12.8. The molecule has 3 aromatic rings. The van der Waals surface area contributed by atoms with E-state index in [0.717, 1.165) is 40.4 Å². The molecule has 8 heteroatoms. The number of methoxy groups -OCH3 is 1. The second-order valence-corrected chi connectivity index (χ2v) is 9.34. The van der Waals surface area contributed by atoms with Crippen LogP contribution < -0.4 is 10.1 Å². The fourth-order valence-corrected chi connectivity index (χ4v) is 5.45. The minimum absolute atomic E-state index is 0.0638. The monoisotopic (exact) mass is 455 g/mol. The molecule has 0 radical (unpaired) electrons. The number of amides is 2. The van der Waals surface area contributed by atoms with Gasteiger partial charge in [0.2, 0.25) is 5.91 Å². The Bertz CT molecular complexity index is 1050. The molecule has 1 saturated heterocycles. The van der Waals surface area contributed by atoms with E-state index in [0.29, 0.717) is 24.4 Å². The Morgan fingerprint density at radius 2 is 2.00 bits per heavy atom. The fraction of sp³-hybridized carbons (Fsp3) is 0.348. The number of nitrogens with one attached hydrogen (secondary N) is 1. The Morgan fingerprint density at radius 1 is 1.23 bits per heavy atom. The average Bonchev–Trinajstić information content (AvgIpc) is 3.44. The normalized spacial score (nSPS) is 14.5. The maximum atomic E-state index is 12.8. The summed E-state index contributed by atoms with van der Waals surface area (Å²) in [6.07, 6.45) is 1.82. The van der Waals surface area contributed by atoms with Crippen LogP contribution in [0, 0.1) is 6.92 Å². The molecule has 0 aliphatic carbocycles. The number of hydrogen-bond acceptors (Lipinski definition) is 6. The van der Waals surface area contributed by atoms with Gasteiger partial charge < -0.3 is 15.0 Å². The molecule has 1 aromatic carbocycles. The molecule has 2 aromatic heterocycles. The van der Waals surface area contributed by atoms with Gasteiger partial charge in [-0.15, -0.1) is 11.3 Å². The van der Waals surface area contributed by atoms with Crippen molar-refractivity contribution in [2.75, 3.05) is 20.2 Å². The second-order valence-electron chi connectivity index (χ2n) is 7.56. The molecule has 0 bridgehead atoms. The Morgan fingerprint density at radius 3 is 2.71 bits per heavy atom. The van der Waals surface area contributed by atoms with E-state index in [4.69, 9.17) is 4.74 Å². The van der Waals surface area contributed by atoms with Crippen LogP contribution in [0.3, 0.4) is 0 Å². The van der Waals surface area contributed by atoms with Gasteiger partial charge in [0.25, 0.3) is 5.91 Å². The second kappa shape index (κ2) is 9.62. The molecule has 0 unspecified atom stereocenters. The zero-order chi connectivity index (χ0) is 21.8. The number of carbonyl (C=O) groups is 2. The van der Waals surface area contributed by atoms with Gasteiger partial charge in [-0.25, -0.2) is 4.98 Å². The first-order valence-corrected chi connectivity index (χ1v) is 12.0. The highest BCUT2D eigenvalue weighted by atomic mass is 32.1. The summed E-state index contributed by atoms with van der Waals surface area (Å²) < 4.78 is 5.35. The number of thiazole rings is 1. The summed E-state index contributed by atoms with van der Waals surface area (Å²) >= 11 is 3.05. The molecule has 1 N–H and O–H groups in total. The molecule has 2 amide bonds. The van der Waals surface area contributed by atoms with Gasteiger partial charge in [0, 0.05) is 35.6 Å². The number of rotatable bonds is 6. The van der Waals surface area contributed by atoms with Crippen LogP contribution in [0.2, 0.25) is 0 Å². The lowest BCUT2D eigenvalue weighted by Crippen LogP contribution is -2.47. The van der Waals surface area contributed by atoms with Gasteiger partial charge in [-0.2, -0.15) is 11.3 Å². The summed E-state index contributed by atoms with van der Waals surface area (Å²) in [5, 5.41) is 8.06. The summed E-state index contributed by atoms with van der Waals surface area (Å²) in [6.45, 7) is 3.15. The smallest absolute Gasteiger partial charge is 0.263 e. The lowest BCUT2D eigenvalue weighted by molar-refractivity contribution is -0.131. The Kier molecular flexibility index (Phi) is 6.67. The van der Waals surface area contributed by atoms with Crippen molar-refractivity contribution >= 4 is 34.5 Å². The van der Waals surface area contributed by atoms with Gasteiger partial charge in [-0.1, -0.05) is 18.2 Å². The zero-order valence-electron chi connectivity index (χ0n) is 17.6. The van der Waals surface area contributed by atoms with Gasteiger partial charge >= 0.3 is 0 Å². The number of carbonyl (C=O) groups excluding carboxylic acids is 2. The van der Waals surface area contributed by atoms with E-state index < -0.39 is 0 Å². The molecule has 3 heterocycles. The van der Waals surface area contributed by atoms with Gasteiger partial charge in [0.05, 0.1) is 19.2 Å². The molecule has 4 rings (SSSR count). The topological polar surface area (TPSA) is 71.5 Å². The number of benzene rings is 1. The van der Waals surface area contributed by atoms with Crippen LogP contribution in [0.4, 0.5) is 0 Å². The average molecular weight is 456 g/mol. The molecule has 0 spiro atoms. The zero-order valence-corrected chi connectivity index (χ0v) is 19.2.